The molecule has 2 heterocycles. The summed E-state index contributed by atoms with van der Waals surface area (Å²) in [6.45, 7) is 3.89. The smallest absolute Gasteiger partial charge is 0.264 e. The number of hydrogen-bond donors (Lipinski definition) is 1. The van der Waals surface area contributed by atoms with E-state index in [-0.39, 0.29) is 18.3 Å². The number of ether oxygens (including phenoxy) is 2. The topological polar surface area (TPSA) is 63.2 Å². The Labute approximate surface area is 164 Å². The van der Waals surface area contributed by atoms with Crippen LogP contribution >= 0.6 is 24.2 Å². The minimum Gasteiger partial charge on any atom is -0.497 e. The molecule has 0 saturated carbocycles. The molecule has 0 unspecified atom stereocenters. The maximum atomic E-state index is 12.9. The van der Waals surface area contributed by atoms with Gasteiger partial charge in [-0.1, -0.05) is 13.3 Å². The van der Waals surface area contributed by atoms with Crippen molar-refractivity contribution < 1.29 is 14.3 Å². The largest absolute Gasteiger partial charge is 0.497 e. The van der Waals surface area contributed by atoms with Gasteiger partial charge in [0.05, 0.1) is 19.1 Å². The van der Waals surface area contributed by atoms with Gasteiger partial charge in [-0.05, 0) is 24.6 Å². The lowest BCUT2D eigenvalue weighted by atomic mass is 10.2. The van der Waals surface area contributed by atoms with Crippen molar-refractivity contribution in [2.24, 2.45) is 4.99 Å². The molecule has 1 amide bonds. The molecule has 0 saturated heterocycles. The summed E-state index contributed by atoms with van der Waals surface area (Å²) in [6, 6.07) is 5.34. The summed E-state index contributed by atoms with van der Waals surface area (Å²) in [5.74, 6) is 1.16. The molecule has 8 heteroatoms. The normalized spacial score (nSPS) is 15.8. The lowest BCUT2D eigenvalue weighted by Gasteiger charge is -2.25. The van der Waals surface area contributed by atoms with E-state index in [4.69, 9.17) is 9.47 Å². The zero-order valence-corrected chi connectivity index (χ0v) is 16.8. The fourth-order valence-electron chi connectivity index (χ4n) is 2.93. The van der Waals surface area contributed by atoms with E-state index >= 15 is 0 Å². The molecular formula is C18H24ClN3O3S. The number of methoxy groups -OCH3 is 2. The second-order valence-corrected chi connectivity index (χ2v) is 6.83. The number of aliphatic imine (C=N–C) groups is 1. The summed E-state index contributed by atoms with van der Waals surface area (Å²) in [4.78, 5) is 20.4. The Balaban J connectivity index is 0.00000243. The third-order valence-electron chi connectivity index (χ3n) is 4.10. The van der Waals surface area contributed by atoms with Crippen LogP contribution in [0.15, 0.2) is 33.8 Å². The van der Waals surface area contributed by atoms with Gasteiger partial charge in [0.15, 0.2) is 5.17 Å². The van der Waals surface area contributed by atoms with E-state index in [0.717, 1.165) is 48.1 Å². The van der Waals surface area contributed by atoms with Crippen molar-refractivity contribution in [1.29, 1.82) is 0 Å². The summed E-state index contributed by atoms with van der Waals surface area (Å²) >= 11 is 1.47. The van der Waals surface area contributed by atoms with Crippen molar-refractivity contribution in [2.75, 3.05) is 32.6 Å². The van der Waals surface area contributed by atoms with Gasteiger partial charge in [0.2, 0.25) is 0 Å². The van der Waals surface area contributed by atoms with E-state index in [1.165, 1.54) is 11.8 Å². The van der Waals surface area contributed by atoms with Crippen LogP contribution in [0.5, 0.6) is 11.5 Å². The quantitative estimate of drug-likeness (QED) is 0.789. The minimum absolute atomic E-state index is 0. The number of anilines is 1. The van der Waals surface area contributed by atoms with E-state index < -0.39 is 0 Å². The van der Waals surface area contributed by atoms with Crippen LogP contribution in [-0.2, 0) is 4.79 Å². The first-order chi connectivity index (χ1) is 12.2. The van der Waals surface area contributed by atoms with E-state index in [9.17, 15) is 4.79 Å². The first kappa shape index (κ1) is 20.5. The van der Waals surface area contributed by atoms with Gasteiger partial charge in [-0.3, -0.25) is 9.79 Å². The average molecular weight is 398 g/mol. The maximum absolute atomic E-state index is 12.9. The number of rotatable bonds is 6. The highest BCUT2D eigenvalue weighted by Crippen LogP contribution is 2.39. The Morgan fingerprint density at radius 3 is 2.58 bits per heavy atom. The monoisotopic (exact) mass is 397 g/mol. The first-order valence-electron chi connectivity index (χ1n) is 8.43. The second-order valence-electron chi connectivity index (χ2n) is 5.85. The Hall–Kier alpha value is -1.86. The third-order valence-corrected chi connectivity index (χ3v) is 5.26. The number of allylic oxidation sites excluding steroid dienone is 1. The van der Waals surface area contributed by atoms with E-state index in [0.29, 0.717) is 17.2 Å². The molecule has 6 nitrogen and oxygen atoms in total. The molecule has 1 aromatic rings. The number of carbonyl (C=O) groups excluding carboxylic acids is 1. The van der Waals surface area contributed by atoms with Crippen LogP contribution in [0.1, 0.15) is 26.2 Å². The number of thioether (sulfide) groups is 1. The number of amidine groups is 1. The van der Waals surface area contributed by atoms with Crippen LogP contribution in [-0.4, -0.2) is 43.3 Å². The van der Waals surface area contributed by atoms with Crippen LogP contribution in [0.4, 0.5) is 5.69 Å². The van der Waals surface area contributed by atoms with Gasteiger partial charge in [-0.25, -0.2) is 0 Å². The average Bonchev–Trinajstić information content (AvgIpc) is 3.00. The van der Waals surface area contributed by atoms with Gasteiger partial charge >= 0.3 is 0 Å². The molecule has 1 aromatic carbocycles. The SMILES string of the molecule is CCCC1=C(C(=O)Nc2cc(OC)cc(OC)c2)SC2=NCCCN21.Cl. The number of amides is 1. The molecule has 0 radical (unpaired) electrons. The lowest BCUT2D eigenvalue weighted by Crippen LogP contribution is -2.29. The number of nitrogens with zero attached hydrogens (tertiary/aromatic N) is 2. The van der Waals surface area contributed by atoms with Crippen LogP contribution in [0.3, 0.4) is 0 Å². The highest BCUT2D eigenvalue weighted by atomic mass is 35.5. The Morgan fingerprint density at radius 2 is 1.96 bits per heavy atom. The minimum atomic E-state index is -0.110. The van der Waals surface area contributed by atoms with Crippen LogP contribution < -0.4 is 14.8 Å². The van der Waals surface area contributed by atoms with Crippen molar-refractivity contribution >= 4 is 40.9 Å². The Bertz CT molecular complexity index is 714. The van der Waals surface area contributed by atoms with E-state index in [1.54, 1.807) is 32.4 Å². The number of hydrogen-bond acceptors (Lipinski definition) is 6. The standard InChI is InChI=1S/C18H23N3O3S.ClH/c1-4-6-15-16(25-18-19-7-5-8-21(15)18)17(22)20-12-9-13(23-2)11-14(10-12)24-3;/h9-11H,4-8H2,1-3H3,(H,20,22);1H. The van der Waals surface area contributed by atoms with Gasteiger partial charge in [0, 0.05) is 42.7 Å². The summed E-state index contributed by atoms with van der Waals surface area (Å²) in [7, 11) is 3.18. The fourth-order valence-corrected chi connectivity index (χ4v) is 4.05. The van der Waals surface area contributed by atoms with Crippen LogP contribution in [0.2, 0.25) is 0 Å². The third kappa shape index (κ3) is 4.27. The molecule has 2 aliphatic rings. The van der Waals surface area contributed by atoms with E-state index in [2.05, 4.69) is 22.1 Å². The van der Waals surface area contributed by atoms with Gasteiger partial charge in [-0.2, -0.15) is 0 Å². The maximum Gasteiger partial charge on any atom is 0.264 e. The highest BCUT2D eigenvalue weighted by molar-refractivity contribution is 8.18. The number of nitrogens with one attached hydrogen (secondary N) is 1. The Morgan fingerprint density at radius 1 is 1.27 bits per heavy atom. The second kappa shape index (κ2) is 9.19. The van der Waals surface area contributed by atoms with Crippen molar-refractivity contribution in [2.45, 2.75) is 26.2 Å². The molecule has 3 rings (SSSR count). The number of carbonyl (C=O) groups is 1. The molecule has 0 spiro atoms. The van der Waals surface area contributed by atoms with Crippen molar-refractivity contribution in [3.63, 3.8) is 0 Å². The molecular weight excluding hydrogens is 374 g/mol. The summed E-state index contributed by atoms with van der Waals surface area (Å²) < 4.78 is 10.5. The first-order valence-corrected chi connectivity index (χ1v) is 9.25. The molecule has 0 fully saturated rings. The molecule has 1 N–H and O–H groups in total. The van der Waals surface area contributed by atoms with Gasteiger partial charge in [0.1, 0.15) is 11.5 Å². The summed E-state index contributed by atoms with van der Waals surface area (Å²) in [5.41, 5.74) is 1.73. The molecule has 0 aliphatic carbocycles. The highest BCUT2D eigenvalue weighted by Gasteiger charge is 2.33. The van der Waals surface area contributed by atoms with Gasteiger partial charge < -0.3 is 19.7 Å². The molecule has 0 atom stereocenters. The van der Waals surface area contributed by atoms with Crippen LogP contribution in [0, 0.1) is 0 Å². The lowest BCUT2D eigenvalue weighted by molar-refractivity contribution is -0.112. The molecule has 0 aromatic heterocycles. The van der Waals surface area contributed by atoms with E-state index in [1.807, 2.05) is 0 Å². The molecule has 0 bridgehead atoms. The predicted molar refractivity (Wildman–Crippen MR) is 109 cm³/mol. The summed E-state index contributed by atoms with van der Waals surface area (Å²) in [5, 5.41) is 3.92. The van der Waals surface area contributed by atoms with Crippen molar-refractivity contribution in [3.8, 4) is 11.5 Å². The zero-order chi connectivity index (χ0) is 17.8. The fraction of sp³-hybridized carbons (Fsp3) is 0.444. The summed E-state index contributed by atoms with van der Waals surface area (Å²) in [6.07, 6.45) is 2.89. The molecule has 142 valence electrons. The van der Waals surface area contributed by atoms with Crippen molar-refractivity contribution in [3.05, 3.63) is 28.8 Å². The van der Waals surface area contributed by atoms with Crippen molar-refractivity contribution in [1.82, 2.24) is 4.90 Å². The van der Waals surface area contributed by atoms with Gasteiger partial charge in [0.25, 0.3) is 5.91 Å². The Kier molecular flexibility index (Phi) is 7.23. The number of halogens is 1. The molecule has 26 heavy (non-hydrogen) atoms. The predicted octanol–water partition coefficient (Wildman–Crippen LogP) is 3.88. The molecule has 2 aliphatic heterocycles. The zero-order valence-electron chi connectivity index (χ0n) is 15.2. The van der Waals surface area contributed by atoms with Gasteiger partial charge in [-0.15, -0.1) is 12.4 Å². The number of benzene rings is 1. The number of fused-ring (bicyclic) bond motifs is 1. The van der Waals surface area contributed by atoms with Crippen LogP contribution in [0.25, 0.3) is 0 Å².